The number of amides is 1. The second-order valence-electron chi connectivity index (χ2n) is 7.31. The average Bonchev–Trinajstić information content (AvgIpc) is 3.42. The van der Waals surface area contributed by atoms with E-state index in [1.165, 1.54) is 0 Å². The van der Waals surface area contributed by atoms with Gasteiger partial charge in [-0.2, -0.15) is 0 Å². The monoisotopic (exact) mass is 453 g/mol. The molecule has 0 saturated carbocycles. The van der Waals surface area contributed by atoms with Gasteiger partial charge in [-0.15, -0.1) is 0 Å². The number of imidazole rings is 1. The zero-order chi connectivity index (χ0) is 21.8. The Hall–Kier alpha value is -3.02. The summed E-state index contributed by atoms with van der Waals surface area (Å²) < 4.78 is 7.47. The highest BCUT2D eigenvalue weighted by Gasteiger charge is 2.20. The number of carbonyl (C=O) groups is 1. The number of rotatable bonds is 7. The highest BCUT2D eigenvalue weighted by molar-refractivity contribution is 6.35. The minimum atomic E-state index is -0.0875. The second kappa shape index (κ2) is 9.41. The molecule has 7 heteroatoms. The maximum absolute atomic E-state index is 13.3. The zero-order valence-corrected chi connectivity index (χ0v) is 18.5. The molecule has 31 heavy (non-hydrogen) atoms. The van der Waals surface area contributed by atoms with E-state index in [-0.39, 0.29) is 5.91 Å². The van der Waals surface area contributed by atoms with Gasteiger partial charge in [0, 0.05) is 28.0 Å². The Kier molecular flexibility index (Phi) is 6.44. The smallest absolute Gasteiger partial charge is 0.254 e. The third-order valence-corrected chi connectivity index (χ3v) is 5.59. The molecule has 0 radical (unpaired) electrons. The Bertz CT molecular complexity index is 1170. The summed E-state index contributed by atoms with van der Waals surface area (Å²) in [6, 6.07) is 16.6. The van der Waals surface area contributed by atoms with Crippen LogP contribution in [0.4, 0.5) is 0 Å². The van der Waals surface area contributed by atoms with Crippen LogP contribution in [0.25, 0.3) is 0 Å². The van der Waals surface area contributed by atoms with Crippen LogP contribution in [0, 0.1) is 6.92 Å². The van der Waals surface area contributed by atoms with Gasteiger partial charge in [0.1, 0.15) is 11.6 Å². The summed E-state index contributed by atoms with van der Waals surface area (Å²) in [4.78, 5) is 19.5. The van der Waals surface area contributed by atoms with Gasteiger partial charge in [0.2, 0.25) is 0 Å². The first-order valence-electron chi connectivity index (χ1n) is 9.82. The molecule has 0 aliphatic carbocycles. The van der Waals surface area contributed by atoms with E-state index in [1.54, 1.807) is 23.4 Å². The van der Waals surface area contributed by atoms with E-state index in [2.05, 4.69) is 4.98 Å². The van der Waals surface area contributed by atoms with Crippen molar-refractivity contribution in [3.8, 4) is 0 Å². The van der Waals surface area contributed by atoms with Crippen molar-refractivity contribution in [1.82, 2.24) is 14.5 Å². The summed E-state index contributed by atoms with van der Waals surface area (Å²) in [5, 5.41) is 1.18. The Morgan fingerprint density at radius 1 is 1.10 bits per heavy atom. The van der Waals surface area contributed by atoms with Crippen molar-refractivity contribution in [1.29, 1.82) is 0 Å². The van der Waals surface area contributed by atoms with Crippen LogP contribution in [0.2, 0.25) is 10.0 Å². The van der Waals surface area contributed by atoms with Crippen LogP contribution >= 0.6 is 23.2 Å². The number of aryl methyl sites for hydroxylation is 1. The molecule has 4 rings (SSSR count). The lowest BCUT2D eigenvalue weighted by molar-refractivity contribution is 0.0711. The van der Waals surface area contributed by atoms with Crippen molar-refractivity contribution in [3.05, 3.63) is 112 Å². The molecule has 5 nitrogen and oxygen atoms in total. The topological polar surface area (TPSA) is 51.3 Å². The number of nitrogens with zero attached hydrogens (tertiary/aromatic N) is 3. The number of carbonyl (C=O) groups excluding carboxylic acids is 1. The lowest BCUT2D eigenvalue weighted by Crippen LogP contribution is -2.31. The molecule has 0 spiro atoms. The molecule has 0 fully saturated rings. The number of aromatic nitrogens is 2. The third-order valence-electron chi connectivity index (χ3n) is 5.00. The molecule has 0 unspecified atom stereocenters. The van der Waals surface area contributed by atoms with Crippen LogP contribution < -0.4 is 0 Å². The van der Waals surface area contributed by atoms with Crippen LogP contribution in [0.15, 0.2) is 77.7 Å². The maximum atomic E-state index is 13.3. The van der Waals surface area contributed by atoms with E-state index >= 15 is 0 Å². The normalized spacial score (nSPS) is 10.9. The molecule has 2 heterocycles. The van der Waals surface area contributed by atoms with Crippen molar-refractivity contribution in [2.75, 3.05) is 0 Å². The Morgan fingerprint density at radius 2 is 1.90 bits per heavy atom. The first-order chi connectivity index (χ1) is 15.0. The number of benzene rings is 2. The second-order valence-corrected chi connectivity index (χ2v) is 8.16. The fraction of sp³-hybridized carbons (Fsp3) is 0.167. The summed E-state index contributed by atoms with van der Waals surface area (Å²) in [6.07, 6.45) is 5.20. The van der Waals surface area contributed by atoms with Crippen molar-refractivity contribution in [2.45, 2.75) is 26.6 Å². The minimum Gasteiger partial charge on any atom is -0.467 e. The molecule has 2 aromatic heterocycles. The molecule has 158 valence electrons. The molecule has 0 aliphatic rings. The van der Waals surface area contributed by atoms with Crippen LogP contribution in [0.1, 0.15) is 33.1 Å². The molecule has 0 bridgehead atoms. The molecule has 2 aromatic carbocycles. The lowest BCUT2D eigenvalue weighted by Gasteiger charge is -2.22. The van der Waals surface area contributed by atoms with E-state index in [1.807, 2.05) is 66.2 Å². The summed E-state index contributed by atoms with van der Waals surface area (Å²) in [6.45, 7) is 3.19. The largest absolute Gasteiger partial charge is 0.467 e. The average molecular weight is 454 g/mol. The fourth-order valence-electron chi connectivity index (χ4n) is 3.31. The summed E-state index contributed by atoms with van der Waals surface area (Å²) >= 11 is 12.4. The van der Waals surface area contributed by atoms with Gasteiger partial charge in [-0.3, -0.25) is 4.79 Å². The minimum absolute atomic E-state index is 0.0875. The Labute approximate surface area is 190 Å². The van der Waals surface area contributed by atoms with E-state index < -0.39 is 0 Å². The Balaban J connectivity index is 1.59. The SMILES string of the molecule is Cc1ccc(C(=O)N(Cc2ccco2)Cc2nccn2Cc2ccc(Cl)cc2Cl)cc1. The molecule has 0 atom stereocenters. The molecule has 1 amide bonds. The molecule has 0 aliphatic heterocycles. The van der Waals surface area contributed by atoms with Crippen LogP contribution in [0.3, 0.4) is 0 Å². The van der Waals surface area contributed by atoms with E-state index in [0.29, 0.717) is 41.0 Å². The van der Waals surface area contributed by atoms with Gasteiger partial charge in [0.15, 0.2) is 0 Å². The van der Waals surface area contributed by atoms with Gasteiger partial charge in [-0.25, -0.2) is 4.98 Å². The van der Waals surface area contributed by atoms with Gasteiger partial charge in [-0.1, -0.05) is 47.0 Å². The third kappa shape index (κ3) is 5.19. The molecule has 0 N–H and O–H groups in total. The van der Waals surface area contributed by atoms with Gasteiger partial charge in [-0.05, 0) is 48.9 Å². The number of hydrogen-bond acceptors (Lipinski definition) is 3. The number of hydrogen-bond donors (Lipinski definition) is 0. The van der Waals surface area contributed by atoms with Gasteiger partial charge in [0.05, 0.1) is 25.9 Å². The predicted octanol–water partition coefficient (Wildman–Crippen LogP) is 5.98. The summed E-state index contributed by atoms with van der Waals surface area (Å²) in [7, 11) is 0. The first-order valence-corrected chi connectivity index (χ1v) is 10.6. The van der Waals surface area contributed by atoms with Crippen molar-refractivity contribution in [3.63, 3.8) is 0 Å². The fourth-order valence-corrected chi connectivity index (χ4v) is 3.78. The molecular weight excluding hydrogens is 433 g/mol. The highest BCUT2D eigenvalue weighted by atomic mass is 35.5. The lowest BCUT2D eigenvalue weighted by atomic mass is 10.1. The standard InChI is InChI=1S/C24H21Cl2N3O2/c1-17-4-6-18(7-5-17)24(30)29(15-21-3-2-12-31-21)16-23-27-10-11-28(23)14-19-8-9-20(25)13-22(19)26/h2-13H,14-16H2,1H3. The van der Waals surface area contributed by atoms with Gasteiger partial charge < -0.3 is 13.9 Å². The van der Waals surface area contributed by atoms with Gasteiger partial charge in [0.25, 0.3) is 5.91 Å². The predicted molar refractivity (Wildman–Crippen MR) is 121 cm³/mol. The summed E-state index contributed by atoms with van der Waals surface area (Å²) in [5.74, 6) is 1.37. The van der Waals surface area contributed by atoms with E-state index in [9.17, 15) is 4.79 Å². The van der Waals surface area contributed by atoms with E-state index in [4.69, 9.17) is 27.6 Å². The molecular formula is C24H21Cl2N3O2. The van der Waals surface area contributed by atoms with Crippen molar-refractivity contribution in [2.24, 2.45) is 0 Å². The van der Waals surface area contributed by atoms with Crippen LogP contribution in [-0.2, 0) is 19.6 Å². The van der Waals surface area contributed by atoms with Crippen LogP contribution in [-0.4, -0.2) is 20.4 Å². The summed E-state index contributed by atoms with van der Waals surface area (Å²) in [5.41, 5.74) is 2.65. The number of halogens is 2. The van der Waals surface area contributed by atoms with Crippen LogP contribution in [0.5, 0.6) is 0 Å². The van der Waals surface area contributed by atoms with Crippen molar-refractivity contribution >= 4 is 29.1 Å². The number of furan rings is 1. The zero-order valence-electron chi connectivity index (χ0n) is 17.0. The molecule has 4 aromatic rings. The maximum Gasteiger partial charge on any atom is 0.254 e. The molecule has 0 saturated heterocycles. The quantitative estimate of drug-likeness (QED) is 0.345. The van der Waals surface area contributed by atoms with E-state index in [0.717, 1.165) is 17.0 Å². The van der Waals surface area contributed by atoms with Gasteiger partial charge >= 0.3 is 0 Å². The van der Waals surface area contributed by atoms with Crippen molar-refractivity contribution < 1.29 is 9.21 Å². The Morgan fingerprint density at radius 3 is 2.61 bits per heavy atom. The highest BCUT2D eigenvalue weighted by Crippen LogP contribution is 2.23. The first kappa shape index (κ1) is 21.2.